The number of ether oxygens (including phenoxy) is 1. The number of aliphatic hydroxyl groups is 1. The zero-order valence-electron chi connectivity index (χ0n) is 19.1. The van der Waals surface area contributed by atoms with Crippen molar-refractivity contribution < 1.29 is 9.84 Å². The third-order valence-electron chi connectivity index (χ3n) is 5.28. The van der Waals surface area contributed by atoms with Crippen molar-refractivity contribution in [3.8, 4) is 5.75 Å². The van der Waals surface area contributed by atoms with Crippen molar-refractivity contribution in [2.24, 2.45) is 5.92 Å². The molecule has 0 bridgehead atoms. The van der Waals surface area contributed by atoms with Gasteiger partial charge in [0.25, 0.3) is 0 Å². The number of anilines is 4. The summed E-state index contributed by atoms with van der Waals surface area (Å²) in [7, 11) is 1.59. The Hall–Kier alpha value is -3.30. The lowest BCUT2D eigenvalue weighted by atomic mass is 10.0. The zero-order chi connectivity index (χ0) is 23.6. The van der Waals surface area contributed by atoms with Gasteiger partial charge in [0.05, 0.1) is 30.3 Å². The minimum atomic E-state index is 0.163. The lowest BCUT2D eigenvalue weighted by Crippen LogP contribution is -2.20. The van der Waals surface area contributed by atoms with Gasteiger partial charge in [0.15, 0.2) is 5.75 Å². The fourth-order valence-electron chi connectivity index (χ4n) is 3.33. The molecule has 0 radical (unpaired) electrons. The Kier molecular flexibility index (Phi) is 8.91. The van der Waals surface area contributed by atoms with E-state index in [1.54, 1.807) is 25.6 Å². The van der Waals surface area contributed by atoms with Crippen molar-refractivity contribution in [3.63, 3.8) is 0 Å². The number of nitrogens with zero attached hydrogens (tertiary/aromatic N) is 3. The van der Waals surface area contributed by atoms with Gasteiger partial charge in [0.1, 0.15) is 10.8 Å². The van der Waals surface area contributed by atoms with Crippen LogP contribution in [0.3, 0.4) is 0 Å². The average molecular weight is 467 g/mol. The molecule has 1 aromatic carbocycles. The minimum Gasteiger partial charge on any atom is -0.493 e. The van der Waals surface area contributed by atoms with Gasteiger partial charge in [0, 0.05) is 25.0 Å². The zero-order valence-corrected chi connectivity index (χ0v) is 19.9. The predicted molar refractivity (Wildman–Crippen MR) is 137 cm³/mol. The molecular formula is C24H30N6O2S. The molecule has 0 saturated heterocycles. The highest BCUT2D eigenvalue weighted by Gasteiger charge is 2.18. The van der Waals surface area contributed by atoms with E-state index in [2.05, 4.69) is 32.8 Å². The molecule has 0 aliphatic heterocycles. The standard InChI is InChI=1S/C24H30N6O2S/c1-4-17(15-31)10-13-26-22-21(23(33)28-18-8-6-5-7-9-18)16(2)27-24(30-22)29-19-11-12-25-14-20(19)32-3/h5-9,11-12,14,17,31H,4,10,13,15H2,1-3H3,(H,28,33)(H2,25,26,27,29,30). The maximum absolute atomic E-state index is 9.52. The Labute approximate surface area is 199 Å². The highest BCUT2D eigenvalue weighted by molar-refractivity contribution is 7.81. The normalized spacial score (nSPS) is 11.5. The molecule has 174 valence electrons. The maximum atomic E-state index is 9.52. The number of aryl methyl sites for hydroxylation is 1. The van der Waals surface area contributed by atoms with Gasteiger partial charge < -0.3 is 25.8 Å². The lowest BCUT2D eigenvalue weighted by molar-refractivity contribution is 0.217. The summed E-state index contributed by atoms with van der Waals surface area (Å²) in [5, 5.41) is 19.4. The van der Waals surface area contributed by atoms with Gasteiger partial charge in [-0.3, -0.25) is 4.98 Å². The molecule has 0 spiro atoms. The van der Waals surface area contributed by atoms with E-state index in [-0.39, 0.29) is 12.5 Å². The minimum absolute atomic E-state index is 0.163. The highest BCUT2D eigenvalue weighted by atomic mass is 32.1. The molecule has 3 rings (SSSR count). The smallest absolute Gasteiger partial charge is 0.229 e. The third-order valence-corrected chi connectivity index (χ3v) is 5.59. The topological polar surface area (TPSA) is 104 Å². The summed E-state index contributed by atoms with van der Waals surface area (Å²) in [5.74, 6) is 1.86. The number of aromatic nitrogens is 3. The van der Waals surface area contributed by atoms with Crippen molar-refractivity contribution in [2.45, 2.75) is 26.7 Å². The molecule has 8 nitrogen and oxygen atoms in total. The van der Waals surface area contributed by atoms with Gasteiger partial charge in [-0.15, -0.1) is 0 Å². The molecule has 0 aliphatic rings. The van der Waals surface area contributed by atoms with Crippen LogP contribution in [0, 0.1) is 12.8 Å². The van der Waals surface area contributed by atoms with E-state index in [9.17, 15) is 5.11 Å². The second-order valence-electron chi connectivity index (χ2n) is 7.55. The summed E-state index contributed by atoms with van der Waals surface area (Å²) < 4.78 is 5.37. The number of benzene rings is 1. The third kappa shape index (κ3) is 6.59. The van der Waals surface area contributed by atoms with Crippen LogP contribution < -0.4 is 20.7 Å². The summed E-state index contributed by atoms with van der Waals surface area (Å²) in [4.78, 5) is 14.0. The number of thiocarbonyl (C=S) groups is 1. The van der Waals surface area contributed by atoms with E-state index in [0.29, 0.717) is 34.7 Å². The molecule has 0 fully saturated rings. The first kappa shape index (κ1) is 24.3. The molecular weight excluding hydrogens is 436 g/mol. The van der Waals surface area contributed by atoms with Gasteiger partial charge in [0.2, 0.25) is 5.95 Å². The monoisotopic (exact) mass is 466 g/mol. The fraction of sp³-hybridized carbons (Fsp3) is 0.333. The van der Waals surface area contributed by atoms with E-state index >= 15 is 0 Å². The molecule has 0 saturated carbocycles. The second kappa shape index (κ2) is 12.1. The van der Waals surface area contributed by atoms with Crippen LogP contribution in [0.2, 0.25) is 0 Å². The molecule has 0 aliphatic carbocycles. The summed E-state index contributed by atoms with van der Waals surface area (Å²) in [6.07, 6.45) is 5.02. The Morgan fingerprint density at radius 2 is 1.97 bits per heavy atom. The summed E-state index contributed by atoms with van der Waals surface area (Å²) in [5.41, 5.74) is 3.06. The van der Waals surface area contributed by atoms with Crippen LogP contribution >= 0.6 is 12.2 Å². The Bertz CT molecular complexity index is 1060. The Balaban J connectivity index is 1.90. The molecule has 3 aromatic rings. The SMILES string of the molecule is CCC(CO)CCNc1nc(Nc2ccncc2OC)nc(C)c1C(=S)Nc1ccccc1. The van der Waals surface area contributed by atoms with Crippen LogP contribution in [0.5, 0.6) is 5.75 Å². The van der Waals surface area contributed by atoms with E-state index in [1.807, 2.05) is 37.3 Å². The van der Waals surface area contributed by atoms with Crippen LogP contribution in [0.4, 0.5) is 23.1 Å². The predicted octanol–water partition coefficient (Wildman–Crippen LogP) is 4.54. The van der Waals surface area contributed by atoms with Crippen LogP contribution in [-0.2, 0) is 0 Å². The molecule has 33 heavy (non-hydrogen) atoms. The number of pyridine rings is 1. The van der Waals surface area contributed by atoms with Crippen LogP contribution in [0.1, 0.15) is 31.0 Å². The fourth-order valence-corrected chi connectivity index (χ4v) is 3.69. The maximum Gasteiger partial charge on any atom is 0.229 e. The van der Waals surface area contributed by atoms with Gasteiger partial charge in [-0.25, -0.2) is 4.98 Å². The highest BCUT2D eigenvalue weighted by Crippen LogP contribution is 2.27. The number of rotatable bonds is 11. The van der Waals surface area contributed by atoms with Crippen molar-refractivity contribution in [3.05, 3.63) is 60.0 Å². The van der Waals surface area contributed by atoms with Gasteiger partial charge in [-0.2, -0.15) is 4.98 Å². The Morgan fingerprint density at radius 1 is 1.18 bits per heavy atom. The summed E-state index contributed by atoms with van der Waals surface area (Å²) in [6.45, 7) is 4.79. The van der Waals surface area contributed by atoms with E-state index < -0.39 is 0 Å². The first-order valence-corrected chi connectivity index (χ1v) is 11.3. The van der Waals surface area contributed by atoms with Crippen molar-refractivity contribution >= 4 is 40.3 Å². The largest absolute Gasteiger partial charge is 0.493 e. The first-order chi connectivity index (χ1) is 16.0. The summed E-state index contributed by atoms with van der Waals surface area (Å²) in [6, 6.07) is 11.6. The first-order valence-electron chi connectivity index (χ1n) is 10.9. The molecule has 2 aromatic heterocycles. The van der Waals surface area contributed by atoms with Crippen molar-refractivity contribution in [1.29, 1.82) is 0 Å². The molecule has 1 atom stereocenters. The molecule has 0 amide bonds. The van der Waals surface area contributed by atoms with E-state index in [4.69, 9.17) is 21.9 Å². The number of methoxy groups -OCH3 is 1. The van der Waals surface area contributed by atoms with Crippen LogP contribution in [0.15, 0.2) is 48.8 Å². The van der Waals surface area contributed by atoms with Gasteiger partial charge in [-0.1, -0.05) is 43.8 Å². The van der Waals surface area contributed by atoms with Gasteiger partial charge in [-0.05, 0) is 37.5 Å². The average Bonchev–Trinajstić information content (AvgIpc) is 2.82. The number of hydrogen-bond donors (Lipinski definition) is 4. The molecule has 9 heteroatoms. The quantitative estimate of drug-likeness (QED) is 0.303. The van der Waals surface area contributed by atoms with E-state index in [0.717, 1.165) is 29.8 Å². The van der Waals surface area contributed by atoms with Crippen molar-refractivity contribution in [1.82, 2.24) is 15.0 Å². The van der Waals surface area contributed by atoms with E-state index in [1.165, 1.54) is 0 Å². The number of nitrogens with one attached hydrogen (secondary N) is 3. The lowest BCUT2D eigenvalue weighted by Gasteiger charge is -2.18. The van der Waals surface area contributed by atoms with Gasteiger partial charge >= 0.3 is 0 Å². The van der Waals surface area contributed by atoms with Crippen LogP contribution in [0.25, 0.3) is 0 Å². The molecule has 2 heterocycles. The molecule has 1 unspecified atom stereocenters. The molecule has 4 N–H and O–H groups in total. The Morgan fingerprint density at radius 3 is 2.67 bits per heavy atom. The number of para-hydroxylation sites is 1. The second-order valence-corrected chi connectivity index (χ2v) is 7.96. The van der Waals surface area contributed by atoms with Crippen molar-refractivity contribution in [2.75, 3.05) is 36.2 Å². The summed E-state index contributed by atoms with van der Waals surface area (Å²) >= 11 is 5.72. The number of hydrogen-bond acceptors (Lipinski definition) is 8. The van der Waals surface area contributed by atoms with Crippen LogP contribution in [-0.4, -0.2) is 45.3 Å². The number of aliphatic hydroxyl groups excluding tert-OH is 1.